The average molecular weight is 246 g/mol. The van der Waals surface area contributed by atoms with Gasteiger partial charge in [-0.1, -0.05) is 0 Å². The number of rotatable bonds is 3. The summed E-state index contributed by atoms with van der Waals surface area (Å²) >= 11 is 0. The summed E-state index contributed by atoms with van der Waals surface area (Å²) in [5, 5.41) is 6.02. The fraction of sp³-hybridized carbons (Fsp3) is 0.364. The number of H-pyrrole nitrogens is 2. The van der Waals surface area contributed by atoms with Gasteiger partial charge in [-0.25, -0.2) is 9.97 Å². The van der Waals surface area contributed by atoms with Crippen LogP contribution in [0.25, 0.3) is 0 Å². The van der Waals surface area contributed by atoms with E-state index < -0.39 is 0 Å². The Labute approximate surface area is 103 Å². The standard InChI is InChI=1S/C11H14N6O/c18-11(15-5-10-12-1-2-13-10)8-3-7-9(4-14-8)17-6-16-7/h1-2,6,8,14H,3-5H2,(H,12,13)(H,15,18)(H,16,17). The molecule has 94 valence electrons. The lowest BCUT2D eigenvalue weighted by molar-refractivity contribution is -0.123. The van der Waals surface area contributed by atoms with Crippen LogP contribution in [-0.2, 0) is 24.3 Å². The van der Waals surface area contributed by atoms with Crippen LogP contribution < -0.4 is 10.6 Å². The number of hydrogen-bond donors (Lipinski definition) is 4. The first-order valence-corrected chi connectivity index (χ1v) is 5.83. The predicted molar refractivity (Wildman–Crippen MR) is 63.4 cm³/mol. The average Bonchev–Trinajstić information content (AvgIpc) is 3.05. The fourth-order valence-electron chi connectivity index (χ4n) is 2.04. The minimum Gasteiger partial charge on any atom is -0.348 e. The molecular formula is C11H14N6O. The lowest BCUT2D eigenvalue weighted by Crippen LogP contribution is -2.47. The van der Waals surface area contributed by atoms with Crippen LogP contribution in [0.1, 0.15) is 17.2 Å². The van der Waals surface area contributed by atoms with Crippen molar-refractivity contribution in [3.63, 3.8) is 0 Å². The Balaban J connectivity index is 1.57. The zero-order valence-corrected chi connectivity index (χ0v) is 9.73. The molecule has 0 aliphatic carbocycles. The Hall–Kier alpha value is -2.15. The van der Waals surface area contributed by atoms with Gasteiger partial charge in [0.05, 0.1) is 30.3 Å². The number of hydrogen-bond acceptors (Lipinski definition) is 4. The molecule has 0 saturated heterocycles. The molecule has 1 amide bonds. The summed E-state index contributed by atoms with van der Waals surface area (Å²) in [4.78, 5) is 26.2. The highest BCUT2D eigenvalue weighted by atomic mass is 16.2. The monoisotopic (exact) mass is 246 g/mol. The number of fused-ring (bicyclic) bond motifs is 1. The Kier molecular flexibility index (Phi) is 2.81. The smallest absolute Gasteiger partial charge is 0.237 e. The highest BCUT2D eigenvalue weighted by Gasteiger charge is 2.25. The number of carbonyl (C=O) groups is 1. The van der Waals surface area contributed by atoms with Gasteiger partial charge >= 0.3 is 0 Å². The number of carbonyl (C=O) groups excluding carboxylic acids is 1. The van der Waals surface area contributed by atoms with Gasteiger partial charge in [0.2, 0.25) is 5.91 Å². The summed E-state index contributed by atoms with van der Waals surface area (Å²) < 4.78 is 0. The molecule has 7 nitrogen and oxygen atoms in total. The van der Waals surface area contributed by atoms with E-state index in [0.717, 1.165) is 17.2 Å². The van der Waals surface area contributed by atoms with Crippen molar-refractivity contribution in [1.82, 2.24) is 30.6 Å². The first-order valence-electron chi connectivity index (χ1n) is 5.83. The molecule has 1 aliphatic rings. The molecule has 18 heavy (non-hydrogen) atoms. The molecule has 2 aromatic heterocycles. The van der Waals surface area contributed by atoms with E-state index in [-0.39, 0.29) is 11.9 Å². The number of aromatic nitrogens is 4. The van der Waals surface area contributed by atoms with E-state index in [1.165, 1.54) is 0 Å². The molecule has 0 fully saturated rings. The summed E-state index contributed by atoms with van der Waals surface area (Å²) in [6.45, 7) is 1.06. The molecule has 3 rings (SSSR count). The molecule has 1 aliphatic heterocycles. The first kappa shape index (κ1) is 11.0. The summed E-state index contributed by atoms with van der Waals surface area (Å²) in [5.41, 5.74) is 2.02. The lowest BCUT2D eigenvalue weighted by atomic mass is 10.0. The number of nitrogens with one attached hydrogen (secondary N) is 4. The molecule has 0 spiro atoms. The fourth-order valence-corrected chi connectivity index (χ4v) is 2.04. The molecule has 1 atom stereocenters. The van der Waals surface area contributed by atoms with Crippen molar-refractivity contribution in [3.8, 4) is 0 Å². The van der Waals surface area contributed by atoms with E-state index in [1.54, 1.807) is 18.7 Å². The second kappa shape index (κ2) is 4.61. The lowest BCUT2D eigenvalue weighted by Gasteiger charge is -2.21. The molecule has 1 unspecified atom stereocenters. The van der Waals surface area contributed by atoms with Crippen LogP contribution in [0.2, 0.25) is 0 Å². The summed E-state index contributed by atoms with van der Waals surface area (Å²) in [6, 6.07) is -0.226. The third-order valence-electron chi connectivity index (χ3n) is 3.03. The molecule has 7 heteroatoms. The van der Waals surface area contributed by atoms with Gasteiger partial charge in [-0.15, -0.1) is 0 Å². The second-order valence-corrected chi connectivity index (χ2v) is 4.22. The van der Waals surface area contributed by atoms with E-state index in [1.807, 2.05) is 0 Å². The number of amides is 1. The van der Waals surface area contributed by atoms with Gasteiger partial charge in [0.25, 0.3) is 0 Å². The number of aromatic amines is 2. The summed E-state index contributed by atoms with van der Waals surface area (Å²) in [7, 11) is 0. The van der Waals surface area contributed by atoms with Gasteiger partial charge in [-0.2, -0.15) is 0 Å². The van der Waals surface area contributed by atoms with Crippen LogP contribution in [0.5, 0.6) is 0 Å². The van der Waals surface area contributed by atoms with Crippen molar-refractivity contribution in [1.29, 1.82) is 0 Å². The first-order chi connectivity index (χ1) is 8.83. The van der Waals surface area contributed by atoms with Crippen molar-refractivity contribution in [2.24, 2.45) is 0 Å². The maximum absolute atomic E-state index is 12.0. The third kappa shape index (κ3) is 2.12. The minimum absolute atomic E-state index is 0.0277. The maximum atomic E-state index is 12.0. The van der Waals surface area contributed by atoms with Crippen molar-refractivity contribution in [3.05, 3.63) is 35.9 Å². The third-order valence-corrected chi connectivity index (χ3v) is 3.03. The van der Waals surface area contributed by atoms with Crippen molar-refractivity contribution >= 4 is 5.91 Å². The Morgan fingerprint density at radius 3 is 3.22 bits per heavy atom. The van der Waals surface area contributed by atoms with E-state index >= 15 is 0 Å². The number of imidazole rings is 2. The predicted octanol–water partition coefficient (Wildman–Crippen LogP) is -0.537. The van der Waals surface area contributed by atoms with Crippen LogP contribution in [0.4, 0.5) is 0 Å². The van der Waals surface area contributed by atoms with Crippen LogP contribution in [0, 0.1) is 0 Å². The second-order valence-electron chi connectivity index (χ2n) is 4.22. The largest absolute Gasteiger partial charge is 0.348 e. The van der Waals surface area contributed by atoms with Gasteiger partial charge in [-0.05, 0) is 0 Å². The van der Waals surface area contributed by atoms with Crippen LogP contribution in [0.15, 0.2) is 18.7 Å². The van der Waals surface area contributed by atoms with Gasteiger partial charge in [0.15, 0.2) is 0 Å². The normalized spacial score (nSPS) is 18.3. The molecule has 0 bridgehead atoms. The van der Waals surface area contributed by atoms with Gasteiger partial charge in [0.1, 0.15) is 5.82 Å². The van der Waals surface area contributed by atoms with E-state index in [9.17, 15) is 4.79 Å². The van der Waals surface area contributed by atoms with Crippen molar-refractivity contribution in [2.75, 3.05) is 0 Å². The topological polar surface area (TPSA) is 98.5 Å². The minimum atomic E-state index is -0.226. The quantitative estimate of drug-likeness (QED) is 0.584. The Morgan fingerprint density at radius 1 is 1.44 bits per heavy atom. The molecular weight excluding hydrogens is 232 g/mol. The molecule has 0 radical (unpaired) electrons. The van der Waals surface area contributed by atoms with Crippen molar-refractivity contribution < 1.29 is 4.79 Å². The Bertz CT molecular complexity index is 531. The molecule has 4 N–H and O–H groups in total. The van der Waals surface area contributed by atoms with Crippen LogP contribution in [-0.4, -0.2) is 31.9 Å². The molecule has 3 heterocycles. The zero-order chi connectivity index (χ0) is 12.4. The SMILES string of the molecule is O=C(NCc1ncc[nH]1)C1Cc2nc[nH]c2CN1. The highest BCUT2D eigenvalue weighted by molar-refractivity contribution is 5.82. The number of nitrogens with zero attached hydrogens (tertiary/aromatic N) is 2. The van der Waals surface area contributed by atoms with Gasteiger partial charge in [0, 0.05) is 25.4 Å². The van der Waals surface area contributed by atoms with Crippen LogP contribution >= 0.6 is 0 Å². The van der Waals surface area contributed by atoms with E-state index in [2.05, 4.69) is 30.6 Å². The van der Waals surface area contributed by atoms with Crippen LogP contribution in [0.3, 0.4) is 0 Å². The Morgan fingerprint density at radius 2 is 2.39 bits per heavy atom. The van der Waals surface area contributed by atoms with E-state index in [4.69, 9.17) is 0 Å². The van der Waals surface area contributed by atoms with Crippen molar-refractivity contribution in [2.45, 2.75) is 25.6 Å². The van der Waals surface area contributed by atoms with Gasteiger partial charge in [-0.3, -0.25) is 10.1 Å². The molecule has 0 aromatic carbocycles. The van der Waals surface area contributed by atoms with Gasteiger partial charge < -0.3 is 15.3 Å². The molecule has 0 saturated carbocycles. The zero-order valence-electron chi connectivity index (χ0n) is 9.73. The maximum Gasteiger partial charge on any atom is 0.237 e. The summed E-state index contributed by atoms with van der Waals surface area (Å²) in [6.07, 6.45) is 5.67. The highest BCUT2D eigenvalue weighted by Crippen LogP contribution is 2.12. The van der Waals surface area contributed by atoms with E-state index in [0.29, 0.717) is 19.5 Å². The summed E-state index contributed by atoms with van der Waals surface area (Å²) in [5.74, 6) is 0.722. The molecule has 2 aromatic rings.